The molecule has 0 bridgehead atoms. The van der Waals surface area contributed by atoms with E-state index in [0.29, 0.717) is 5.56 Å². The van der Waals surface area contributed by atoms with Crippen LogP contribution in [0.3, 0.4) is 0 Å². The number of rotatable bonds is 6. The van der Waals surface area contributed by atoms with E-state index in [1.54, 1.807) is 12.5 Å². The van der Waals surface area contributed by atoms with Crippen molar-refractivity contribution in [1.82, 2.24) is 14.9 Å². The minimum absolute atomic E-state index is 0.0272. The maximum absolute atomic E-state index is 12.6. The van der Waals surface area contributed by atoms with Crippen LogP contribution in [0.5, 0.6) is 0 Å². The van der Waals surface area contributed by atoms with Crippen LogP contribution in [0.1, 0.15) is 46.4 Å². The SMILES string of the molecule is CC[C@@H](NC(=O)c1ccc(Cn2ccnc2)cc1)c1ccccc1C. The molecule has 4 nitrogen and oxygen atoms in total. The van der Waals surface area contributed by atoms with E-state index >= 15 is 0 Å². The number of nitrogens with one attached hydrogen (secondary N) is 1. The molecule has 1 heterocycles. The number of benzene rings is 2. The van der Waals surface area contributed by atoms with Gasteiger partial charge in [0.15, 0.2) is 0 Å². The van der Waals surface area contributed by atoms with Gasteiger partial charge in [-0.2, -0.15) is 0 Å². The summed E-state index contributed by atoms with van der Waals surface area (Å²) < 4.78 is 2.00. The zero-order valence-electron chi connectivity index (χ0n) is 14.6. The van der Waals surface area contributed by atoms with Crippen molar-refractivity contribution in [3.63, 3.8) is 0 Å². The Balaban J connectivity index is 1.69. The largest absolute Gasteiger partial charge is 0.345 e. The first kappa shape index (κ1) is 17.0. The van der Waals surface area contributed by atoms with Crippen molar-refractivity contribution >= 4 is 5.91 Å². The highest BCUT2D eigenvalue weighted by Crippen LogP contribution is 2.21. The molecule has 0 aliphatic carbocycles. The molecule has 1 aromatic heterocycles. The van der Waals surface area contributed by atoms with Crippen LogP contribution in [-0.4, -0.2) is 15.5 Å². The van der Waals surface area contributed by atoms with E-state index in [1.807, 2.05) is 47.2 Å². The van der Waals surface area contributed by atoms with E-state index in [2.05, 4.69) is 36.3 Å². The summed E-state index contributed by atoms with van der Waals surface area (Å²) in [5.41, 5.74) is 4.20. The maximum Gasteiger partial charge on any atom is 0.251 e. The predicted molar refractivity (Wildman–Crippen MR) is 99.4 cm³/mol. The molecule has 0 fully saturated rings. The van der Waals surface area contributed by atoms with Crippen molar-refractivity contribution in [2.45, 2.75) is 32.9 Å². The van der Waals surface area contributed by atoms with Gasteiger partial charge in [0.1, 0.15) is 0 Å². The summed E-state index contributed by atoms with van der Waals surface area (Å²) in [5, 5.41) is 3.15. The monoisotopic (exact) mass is 333 g/mol. The maximum atomic E-state index is 12.6. The average Bonchev–Trinajstić information content (AvgIpc) is 3.14. The summed E-state index contributed by atoms with van der Waals surface area (Å²) in [6.45, 7) is 4.92. The molecular weight excluding hydrogens is 310 g/mol. The van der Waals surface area contributed by atoms with Crippen LogP contribution in [0, 0.1) is 6.92 Å². The lowest BCUT2D eigenvalue weighted by Gasteiger charge is -2.19. The van der Waals surface area contributed by atoms with Gasteiger partial charge >= 0.3 is 0 Å². The Bertz CT molecular complexity index is 823. The van der Waals surface area contributed by atoms with Crippen molar-refractivity contribution in [2.75, 3.05) is 0 Å². The summed E-state index contributed by atoms with van der Waals surface area (Å²) in [7, 11) is 0. The molecule has 128 valence electrons. The Kier molecular flexibility index (Phi) is 5.29. The van der Waals surface area contributed by atoms with Crippen molar-refractivity contribution in [1.29, 1.82) is 0 Å². The summed E-state index contributed by atoms with van der Waals surface area (Å²) in [6, 6.07) is 16.0. The van der Waals surface area contributed by atoms with Gasteiger partial charge in [-0.3, -0.25) is 4.79 Å². The number of nitrogens with zero attached hydrogens (tertiary/aromatic N) is 2. The second kappa shape index (κ2) is 7.79. The number of amides is 1. The molecule has 1 N–H and O–H groups in total. The molecule has 3 aromatic rings. The third-order valence-corrected chi connectivity index (χ3v) is 4.42. The van der Waals surface area contributed by atoms with Gasteiger partial charge in [0.05, 0.1) is 12.4 Å². The standard InChI is InChI=1S/C21H23N3O/c1-3-20(19-7-5-4-6-16(19)2)23-21(25)18-10-8-17(9-11-18)14-24-13-12-22-15-24/h4-13,15,20H,3,14H2,1-2H3,(H,23,25)/t20-/m1/s1. The number of carbonyl (C=O) groups is 1. The van der Waals surface area contributed by atoms with Gasteiger partial charge in [0.2, 0.25) is 0 Å². The third kappa shape index (κ3) is 4.15. The fourth-order valence-electron chi connectivity index (χ4n) is 2.97. The van der Waals surface area contributed by atoms with Crippen molar-refractivity contribution in [3.05, 3.63) is 89.5 Å². The third-order valence-electron chi connectivity index (χ3n) is 4.42. The van der Waals surface area contributed by atoms with E-state index < -0.39 is 0 Å². The van der Waals surface area contributed by atoms with Crippen LogP contribution in [-0.2, 0) is 6.54 Å². The fourth-order valence-corrected chi connectivity index (χ4v) is 2.97. The first-order chi connectivity index (χ1) is 12.2. The van der Waals surface area contributed by atoms with Crippen molar-refractivity contribution in [2.24, 2.45) is 0 Å². The van der Waals surface area contributed by atoms with E-state index in [4.69, 9.17) is 0 Å². The zero-order valence-corrected chi connectivity index (χ0v) is 14.6. The lowest BCUT2D eigenvalue weighted by atomic mass is 9.99. The van der Waals surface area contributed by atoms with Gasteiger partial charge in [-0.15, -0.1) is 0 Å². The molecule has 0 radical (unpaired) electrons. The molecule has 2 aromatic carbocycles. The first-order valence-electron chi connectivity index (χ1n) is 8.58. The topological polar surface area (TPSA) is 46.9 Å². The van der Waals surface area contributed by atoms with Crippen LogP contribution < -0.4 is 5.32 Å². The molecule has 4 heteroatoms. The van der Waals surface area contributed by atoms with E-state index in [9.17, 15) is 4.79 Å². The van der Waals surface area contributed by atoms with E-state index in [0.717, 1.165) is 18.5 Å². The van der Waals surface area contributed by atoms with Crippen molar-refractivity contribution < 1.29 is 4.79 Å². The predicted octanol–water partition coefficient (Wildman–Crippen LogP) is 4.12. The number of imidazole rings is 1. The van der Waals surface area contributed by atoms with Crippen LogP contribution in [0.15, 0.2) is 67.3 Å². The quantitative estimate of drug-likeness (QED) is 0.737. The Morgan fingerprint density at radius 2 is 1.92 bits per heavy atom. The first-order valence-corrected chi connectivity index (χ1v) is 8.58. The average molecular weight is 333 g/mol. The molecule has 0 spiro atoms. The smallest absolute Gasteiger partial charge is 0.251 e. The van der Waals surface area contributed by atoms with E-state index in [1.165, 1.54) is 11.1 Å². The number of hydrogen-bond donors (Lipinski definition) is 1. The highest BCUT2D eigenvalue weighted by molar-refractivity contribution is 5.94. The normalized spacial score (nSPS) is 11.9. The molecule has 0 unspecified atom stereocenters. The van der Waals surface area contributed by atoms with Gasteiger partial charge in [-0.1, -0.05) is 43.3 Å². The van der Waals surface area contributed by atoms with Gasteiger partial charge < -0.3 is 9.88 Å². The minimum atomic E-state index is -0.0377. The molecule has 0 aliphatic heterocycles. The second-order valence-electron chi connectivity index (χ2n) is 6.22. The van der Waals surface area contributed by atoms with Gasteiger partial charge in [0, 0.05) is 24.5 Å². The molecule has 0 aliphatic rings. The van der Waals surface area contributed by atoms with Crippen LogP contribution in [0.2, 0.25) is 0 Å². The summed E-state index contributed by atoms with van der Waals surface area (Å²) >= 11 is 0. The molecule has 0 saturated heterocycles. The Labute approximate surface area is 148 Å². The molecular formula is C21H23N3O. The zero-order chi connectivity index (χ0) is 17.6. The lowest BCUT2D eigenvalue weighted by molar-refractivity contribution is 0.0935. The fraction of sp³-hybridized carbons (Fsp3) is 0.238. The number of carbonyl (C=O) groups excluding carboxylic acids is 1. The van der Waals surface area contributed by atoms with Crippen LogP contribution >= 0.6 is 0 Å². The summed E-state index contributed by atoms with van der Waals surface area (Å²) in [5.74, 6) is -0.0377. The number of aryl methyl sites for hydroxylation is 1. The highest BCUT2D eigenvalue weighted by Gasteiger charge is 2.15. The van der Waals surface area contributed by atoms with Crippen LogP contribution in [0.4, 0.5) is 0 Å². The number of aromatic nitrogens is 2. The molecule has 3 rings (SSSR count). The summed E-state index contributed by atoms with van der Waals surface area (Å²) in [6.07, 6.45) is 6.33. The van der Waals surface area contributed by atoms with Gasteiger partial charge in [-0.05, 0) is 42.2 Å². The molecule has 25 heavy (non-hydrogen) atoms. The van der Waals surface area contributed by atoms with Gasteiger partial charge in [-0.25, -0.2) is 4.98 Å². The van der Waals surface area contributed by atoms with Crippen molar-refractivity contribution in [3.8, 4) is 0 Å². The highest BCUT2D eigenvalue weighted by atomic mass is 16.1. The Hall–Kier alpha value is -2.88. The second-order valence-corrected chi connectivity index (χ2v) is 6.22. The van der Waals surface area contributed by atoms with E-state index in [-0.39, 0.29) is 11.9 Å². The lowest BCUT2D eigenvalue weighted by Crippen LogP contribution is -2.28. The Morgan fingerprint density at radius 3 is 2.56 bits per heavy atom. The minimum Gasteiger partial charge on any atom is -0.345 e. The molecule has 1 atom stereocenters. The van der Waals surface area contributed by atoms with Gasteiger partial charge in [0.25, 0.3) is 5.91 Å². The molecule has 0 saturated carbocycles. The summed E-state index contributed by atoms with van der Waals surface area (Å²) in [4.78, 5) is 16.6. The number of hydrogen-bond acceptors (Lipinski definition) is 2. The van der Waals surface area contributed by atoms with Crippen LogP contribution in [0.25, 0.3) is 0 Å². The Morgan fingerprint density at radius 1 is 1.16 bits per heavy atom. The molecule has 1 amide bonds.